The number of nitrogens with zero attached hydrogens (tertiary/aromatic N) is 4. The molecule has 200 valence electrons. The maximum absolute atomic E-state index is 13.6. The number of carbonyl (C=O) groups is 1. The zero-order chi connectivity index (χ0) is 26.3. The molecule has 2 aromatic heterocycles. The highest BCUT2D eigenvalue weighted by molar-refractivity contribution is 7.12. The number of fused-ring (bicyclic) bond motifs is 1. The third-order valence-electron chi connectivity index (χ3n) is 8.42. The van der Waals surface area contributed by atoms with Gasteiger partial charge in [-0.15, -0.1) is 11.3 Å². The van der Waals surface area contributed by atoms with Gasteiger partial charge in [0.2, 0.25) is 0 Å². The Morgan fingerprint density at radius 3 is 2.39 bits per heavy atom. The Labute approximate surface area is 230 Å². The largest absolute Gasteiger partial charge is 0.378 e. The molecular formula is C31H38N4O2S. The second kappa shape index (κ2) is 10.4. The van der Waals surface area contributed by atoms with E-state index in [0.29, 0.717) is 17.8 Å². The van der Waals surface area contributed by atoms with Gasteiger partial charge in [0, 0.05) is 39.3 Å². The third-order valence-corrected chi connectivity index (χ3v) is 9.28. The van der Waals surface area contributed by atoms with Crippen LogP contribution >= 0.6 is 11.3 Å². The van der Waals surface area contributed by atoms with Gasteiger partial charge in [-0.25, -0.2) is 4.98 Å². The predicted octanol–water partition coefficient (Wildman–Crippen LogP) is 5.30. The summed E-state index contributed by atoms with van der Waals surface area (Å²) in [5, 5.41) is 1.98. The van der Waals surface area contributed by atoms with E-state index in [2.05, 4.69) is 67.0 Å². The van der Waals surface area contributed by atoms with E-state index in [-0.39, 0.29) is 11.3 Å². The fraction of sp³-hybridized carbons (Fsp3) is 0.484. The summed E-state index contributed by atoms with van der Waals surface area (Å²) in [6.45, 7) is 14.0. The van der Waals surface area contributed by atoms with E-state index in [1.54, 1.807) is 0 Å². The van der Waals surface area contributed by atoms with Crippen molar-refractivity contribution in [2.24, 2.45) is 17.8 Å². The Kier molecular flexibility index (Phi) is 7.01. The fourth-order valence-electron chi connectivity index (χ4n) is 6.07. The molecule has 7 heteroatoms. The van der Waals surface area contributed by atoms with Crippen molar-refractivity contribution in [2.45, 2.75) is 32.7 Å². The van der Waals surface area contributed by atoms with Crippen molar-refractivity contribution in [1.82, 2.24) is 9.88 Å². The number of likely N-dealkylation sites (tertiary alicyclic amines) is 1. The Morgan fingerprint density at radius 1 is 1.05 bits per heavy atom. The number of amides is 1. The molecule has 2 saturated heterocycles. The molecule has 4 heterocycles. The maximum atomic E-state index is 13.6. The molecule has 0 spiro atoms. The Balaban J connectivity index is 1.10. The highest BCUT2D eigenvalue weighted by Crippen LogP contribution is 2.52. The number of thiophene rings is 1. The molecule has 1 amide bonds. The van der Waals surface area contributed by atoms with E-state index < -0.39 is 0 Å². The molecule has 0 bridgehead atoms. The van der Waals surface area contributed by atoms with Gasteiger partial charge in [-0.05, 0) is 57.9 Å². The minimum atomic E-state index is 0.0849. The van der Waals surface area contributed by atoms with Crippen LogP contribution in [0.25, 0.3) is 0 Å². The van der Waals surface area contributed by atoms with Crippen LogP contribution in [0.3, 0.4) is 0 Å². The van der Waals surface area contributed by atoms with Gasteiger partial charge < -0.3 is 14.5 Å². The maximum Gasteiger partial charge on any atom is 0.268 e. The molecule has 1 saturated carbocycles. The predicted molar refractivity (Wildman–Crippen MR) is 154 cm³/mol. The van der Waals surface area contributed by atoms with Crippen LogP contribution in [0.15, 0.2) is 60.1 Å². The molecule has 38 heavy (non-hydrogen) atoms. The van der Waals surface area contributed by atoms with Crippen LogP contribution in [0.4, 0.5) is 11.5 Å². The van der Waals surface area contributed by atoms with Crippen LogP contribution in [-0.4, -0.2) is 61.7 Å². The molecule has 3 aromatic rings. The number of carbonyl (C=O) groups excluding carboxylic acids is 1. The van der Waals surface area contributed by atoms with Crippen molar-refractivity contribution in [3.63, 3.8) is 0 Å². The summed E-state index contributed by atoms with van der Waals surface area (Å²) >= 11 is 1.51. The molecule has 2 unspecified atom stereocenters. The summed E-state index contributed by atoms with van der Waals surface area (Å²) in [6, 6.07) is 17.1. The monoisotopic (exact) mass is 530 g/mol. The molecule has 0 radical (unpaired) electrons. The lowest BCUT2D eigenvalue weighted by Crippen LogP contribution is -2.37. The summed E-state index contributed by atoms with van der Waals surface area (Å²) in [6.07, 6.45) is 1.88. The van der Waals surface area contributed by atoms with Crippen molar-refractivity contribution >= 4 is 28.7 Å². The number of aromatic nitrogens is 1. The minimum absolute atomic E-state index is 0.0849. The number of ether oxygens (including phenoxy) is 1. The van der Waals surface area contributed by atoms with Crippen molar-refractivity contribution in [3.05, 3.63) is 76.1 Å². The number of piperidine rings is 1. The molecule has 2 atom stereocenters. The molecule has 0 N–H and O–H groups in total. The normalized spacial score (nSPS) is 23.3. The average Bonchev–Trinajstić information content (AvgIpc) is 3.30. The lowest BCUT2D eigenvalue weighted by Gasteiger charge is -2.29. The molecule has 1 aromatic carbocycles. The topological polar surface area (TPSA) is 48.9 Å². The van der Waals surface area contributed by atoms with Gasteiger partial charge in [0.05, 0.1) is 30.0 Å². The second-order valence-corrected chi connectivity index (χ2v) is 12.9. The van der Waals surface area contributed by atoms with E-state index in [9.17, 15) is 4.79 Å². The first-order valence-corrected chi connectivity index (χ1v) is 14.7. The summed E-state index contributed by atoms with van der Waals surface area (Å²) in [5.41, 5.74) is 3.85. The average molecular weight is 531 g/mol. The fourth-order valence-corrected chi connectivity index (χ4v) is 6.74. The lowest BCUT2D eigenvalue weighted by atomic mass is 9.87. The summed E-state index contributed by atoms with van der Waals surface area (Å²) in [7, 11) is 0. The van der Waals surface area contributed by atoms with E-state index >= 15 is 0 Å². The first-order valence-electron chi connectivity index (χ1n) is 13.8. The Morgan fingerprint density at radius 2 is 1.79 bits per heavy atom. The van der Waals surface area contributed by atoms with Crippen LogP contribution in [0, 0.1) is 17.8 Å². The van der Waals surface area contributed by atoms with E-state index in [4.69, 9.17) is 9.72 Å². The van der Waals surface area contributed by atoms with Crippen LogP contribution in [0.1, 0.15) is 41.6 Å². The number of hydrogen-bond acceptors (Lipinski definition) is 6. The van der Waals surface area contributed by atoms with Gasteiger partial charge in [-0.2, -0.15) is 0 Å². The standard InChI is InChI=1S/C31H38N4O2S/c1-31(2,3)23-8-6-22(7-9-23)18-33-19-25-26(20-33)27(25)21-35(30(36)28-5-4-16-38-28)24-10-11-29(32-17-24)34-12-14-37-15-13-34/h4-11,16-17,25-27H,12-15,18-21H2,1-3H3. The number of morpholine rings is 1. The van der Waals surface area contributed by atoms with E-state index in [1.807, 2.05) is 28.6 Å². The van der Waals surface area contributed by atoms with Crippen molar-refractivity contribution in [3.8, 4) is 0 Å². The molecule has 2 aliphatic heterocycles. The highest BCUT2D eigenvalue weighted by Gasteiger charge is 2.56. The smallest absolute Gasteiger partial charge is 0.268 e. The second-order valence-electron chi connectivity index (χ2n) is 12.0. The first-order chi connectivity index (χ1) is 18.4. The molecule has 3 fully saturated rings. The summed E-state index contributed by atoms with van der Waals surface area (Å²) in [5.74, 6) is 2.93. The number of benzene rings is 1. The minimum Gasteiger partial charge on any atom is -0.378 e. The van der Waals surface area contributed by atoms with E-state index in [1.165, 1.54) is 22.5 Å². The van der Waals surface area contributed by atoms with Gasteiger partial charge in [-0.3, -0.25) is 9.69 Å². The van der Waals surface area contributed by atoms with Crippen LogP contribution in [0.2, 0.25) is 0 Å². The van der Waals surface area contributed by atoms with Gasteiger partial charge in [0.25, 0.3) is 5.91 Å². The Bertz CT molecular complexity index is 1220. The lowest BCUT2D eigenvalue weighted by molar-refractivity contribution is 0.0988. The van der Waals surface area contributed by atoms with Crippen LogP contribution in [-0.2, 0) is 16.7 Å². The van der Waals surface area contributed by atoms with Gasteiger partial charge in [-0.1, -0.05) is 51.1 Å². The van der Waals surface area contributed by atoms with Crippen molar-refractivity contribution in [1.29, 1.82) is 0 Å². The number of hydrogen-bond donors (Lipinski definition) is 0. The van der Waals surface area contributed by atoms with Crippen LogP contribution < -0.4 is 9.80 Å². The first kappa shape index (κ1) is 25.5. The summed E-state index contributed by atoms with van der Waals surface area (Å²) < 4.78 is 5.48. The van der Waals surface area contributed by atoms with Gasteiger partial charge in [0.1, 0.15) is 5.82 Å². The molecule has 6 rings (SSSR count). The highest BCUT2D eigenvalue weighted by atomic mass is 32.1. The number of rotatable bonds is 7. The Hall–Kier alpha value is -2.74. The van der Waals surface area contributed by atoms with Gasteiger partial charge >= 0.3 is 0 Å². The molecular weight excluding hydrogens is 492 g/mol. The number of pyridine rings is 1. The van der Waals surface area contributed by atoms with Crippen molar-refractivity contribution in [2.75, 3.05) is 55.7 Å². The zero-order valence-electron chi connectivity index (χ0n) is 22.7. The molecule has 1 aliphatic carbocycles. The summed E-state index contributed by atoms with van der Waals surface area (Å²) in [4.78, 5) is 25.9. The molecule has 6 nitrogen and oxygen atoms in total. The number of anilines is 2. The van der Waals surface area contributed by atoms with Gasteiger partial charge in [0.15, 0.2) is 0 Å². The molecule has 3 aliphatic rings. The third kappa shape index (κ3) is 5.37. The van der Waals surface area contributed by atoms with Crippen molar-refractivity contribution < 1.29 is 9.53 Å². The van der Waals surface area contributed by atoms with Crippen LogP contribution in [0.5, 0.6) is 0 Å². The zero-order valence-corrected chi connectivity index (χ0v) is 23.5. The van der Waals surface area contributed by atoms with E-state index in [0.717, 1.165) is 68.9 Å². The SMILES string of the molecule is CC(C)(C)c1ccc(CN2CC3C(C2)C3CN(C(=O)c2cccs2)c2ccc(N3CCOCC3)nc2)cc1. The quantitative estimate of drug-likeness (QED) is 0.415.